The molecule has 0 aliphatic rings. The average molecular weight is 446 g/mol. The Labute approximate surface area is 160 Å². The number of nitrogens with zero attached hydrogens (tertiary/aromatic N) is 8. The van der Waals surface area contributed by atoms with Crippen LogP contribution >= 0.6 is 0 Å². The number of rotatable bonds is 0. The second-order valence-corrected chi connectivity index (χ2v) is 0.596. The maximum atomic E-state index is 8.00. The molecule has 0 saturated carbocycles. The summed E-state index contributed by atoms with van der Waals surface area (Å²) in [7, 11) is 0. The van der Waals surface area contributed by atoms with E-state index in [1.165, 1.54) is 0 Å². The zero-order chi connectivity index (χ0) is 21.7. The molecular weight excluding hydrogens is 446 g/mol. The first-order chi connectivity index (χ1) is 11.3. The molecule has 0 fully saturated rings. The molecular formula is AlN8O16V-5. The molecule has 0 spiro atoms. The van der Waals surface area contributed by atoms with Crippen LogP contribution in [0.4, 0.5) is 0 Å². The molecule has 0 aromatic heterocycles. The first kappa shape index (κ1) is 66.8. The van der Waals surface area contributed by atoms with E-state index >= 15 is 0 Å². The fraction of sp³-hybridized carbons (Fsp3) is 0. The minimum atomic E-state index is 0. The van der Waals surface area contributed by atoms with Gasteiger partial charge in [-0.1, -0.05) is 0 Å². The number of hydrogen-bond acceptors (Lipinski definition) is 24. The predicted octanol–water partition coefficient (Wildman–Crippen LogP) is 1.62. The summed E-state index contributed by atoms with van der Waals surface area (Å²) in [5, 5.41) is 72.0. The first-order valence-corrected chi connectivity index (χ1v) is 2.92. The van der Waals surface area contributed by atoms with Gasteiger partial charge < -0.3 is 80.9 Å². The van der Waals surface area contributed by atoms with Crippen molar-refractivity contribution in [2.24, 2.45) is 42.7 Å². The number of hydrogen-bond donors (Lipinski definition) is 0. The Hall–Kier alpha value is -3.68. The smallest absolute Gasteiger partial charge is 0.444 e. The minimum absolute atomic E-state index is 0. The van der Waals surface area contributed by atoms with Gasteiger partial charge in [-0.05, 0) is 0 Å². The molecule has 149 valence electrons. The molecule has 0 aliphatic heterocycles. The molecule has 26 heteroatoms. The van der Waals surface area contributed by atoms with Gasteiger partial charge in [0.1, 0.15) is 0 Å². The van der Waals surface area contributed by atoms with E-state index in [2.05, 4.69) is 0 Å². The van der Waals surface area contributed by atoms with Gasteiger partial charge in [-0.15, -0.1) is 42.7 Å². The van der Waals surface area contributed by atoms with Crippen molar-refractivity contribution in [3.05, 3.63) is 80.9 Å². The molecule has 0 aromatic rings. The summed E-state index contributed by atoms with van der Waals surface area (Å²) in [5.41, 5.74) is 0. The summed E-state index contributed by atoms with van der Waals surface area (Å²) >= 11 is 0. The van der Waals surface area contributed by atoms with E-state index < -0.39 is 0 Å². The predicted molar refractivity (Wildman–Crippen MR) is 79.0 cm³/mol. The molecule has 0 heterocycles. The maximum Gasteiger partial charge on any atom is 3.00 e. The first-order valence-electron chi connectivity index (χ1n) is 2.92. The molecule has 0 amide bonds. The van der Waals surface area contributed by atoms with Crippen molar-refractivity contribution in [1.29, 1.82) is 0 Å². The van der Waals surface area contributed by atoms with Crippen molar-refractivity contribution in [1.82, 2.24) is 0 Å². The van der Waals surface area contributed by atoms with Gasteiger partial charge in [0.15, 0.2) is 0 Å². The fourth-order valence-corrected chi connectivity index (χ4v) is 0. The summed E-state index contributed by atoms with van der Waals surface area (Å²) < 4.78 is 0. The molecule has 0 saturated heterocycles. The third kappa shape index (κ3) is 559. The van der Waals surface area contributed by atoms with Gasteiger partial charge in [0.05, 0.1) is 0 Å². The summed E-state index contributed by atoms with van der Waals surface area (Å²) in [6.07, 6.45) is 0. The Balaban J connectivity index is -0.0000000139. The van der Waals surface area contributed by atoms with Crippen LogP contribution in [0, 0.1) is 80.9 Å². The van der Waals surface area contributed by atoms with E-state index in [9.17, 15) is 0 Å². The molecule has 0 aliphatic carbocycles. The summed E-state index contributed by atoms with van der Waals surface area (Å²) in [6.45, 7) is 0. The van der Waals surface area contributed by atoms with Crippen molar-refractivity contribution in [2.45, 2.75) is 0 Å². The van der Waals surface area contributed by atoms with Crippen LogP contribution in [0.25, 0.3) is 0 Å². The van der Waals surface area contributed by atoms with Gasteiger partial charge in [0.25, 0.3) is 0 Å². The van der Waals surface area contributed by atoms with Crippen molar-refractivity contribution in [3.63, 3.8) is 0 Å². The molecule has 26 heavy (non-hydrogen) atoms. The van der Waals surface area contributed by atoms with Crippen molar-refractivity contribution >= 4 is 17.4 Å². The quantitative estimate of drug-likeness (QED) is 0.289. The van der Waals surface area contributed by atoms with Gasteiger partial charge in [-0.25, -0.2) is 0 Å². The maximum absolute atomic E-state index is 8.00. The summed E-state index contributed by atoms with van der Waals surface area (Å²) in [5.74, 6) is 0. The van der Waals surface area contributed by atoms with Gasteiger partial charge in [0, 0.05) is 18.6 Å². The zero-order valence-corrected chi connectivity index (χ0v) is 13.7. The van der Waals surface area contributed by atoms with E-state index in [1.54, 1.807) is 0 Å². The van der Waals surface area contributed by atoms with Crippen molar-refractivity contribution in [2.75, 3.05) is 0 Å². The van der Waals surface area contributed by atoms with E-state index in [4.69, 9.17) is 80.9 Å². The molecule has 24 nitrogen and oxygen atoms in total. The van der Waals surface area contributed by atoms with Crippen molar-refractivity contribution in [3.8, 4) is 0 Å². The van der Waals surface area contributed by atoms with Crippen LogP contribution in [-0.2, 0) is 18.6 Å². The van der Waals surface area contributed by atoms with E-state index in [1.807, 2.05) is 0 Å². The third-order valence-electron chi connectivity index (χ3n) is 0. The average Bonchev–Trinajstić information content (AvgIpc) is 2.45. The Bertz CT molecular complexity index is 166. The second-order valence-electron chi connectivity index (χ2n) is 0.596. The van der Waals surface area contributed by atoms with Crippen LogP contribution in [0.15, 0.2) is 42.7 Å². The van der Waals surface area contributed by atoms with Crippen LogP contribution < -0.4 is 0 Å². The van der Waals surface area contributed by atoms with E-state index in [0.717, 1.165) is 42.7 Å². The van der Waals surface area contributed by atoms with Gasteiger partial charge in [-0.3, -0.25) is 0 Å². The second kappa shape index (κ2) is 472. The largest absolute Gasteiger partial charge is 3.00 e. The molecule has 0 rings (SSSR count). The summed E-state index contributed by atoms with van der Waals surface area (Å²) in [4.78, 5) is 64.0. The Kier molecular flexibility index (Phi) is 1210. The molecule has 0 N–H and O–H groups in total. The van der Waals surface area contributed by atoms with Gasteiger partial charge in [-0.2, -0.15) is 0 Å². The molecule has 1 radical (unpaired) electrons. The molecule has 0 unspecified atom stereocenters. The molecule has 0 atom stereocenters. The van der Waals surface area contributed by atoms with E-state index in [0.29, 0.717) is 0 Å². The zero-order valence-electron chi connectivity index (χ0n) is 11.1. The topological polar surface area (TPSA) is 420 Å². The van der Waals surface area contributed by atoms with Crippen LogP contribution in [0.3, 0.4) is 0 Å². The van der Waals surface area contributed by atoms with Crippen LogP contribution in [-0.4, -0.2) is 17.4 Å². The molecule has 0 bridgehead atoms. The Morgan fingerprint density at radius 2 is 0.308 bits per heavy atom. The van der Waals surface area contributed by atoms with Crippen LogP contribution in [0.5, 0.6) is 0 Å². The summed E-state index contributed by atoms with van der Waals surface area (Å²) in [6, 6.07) is 0. The Morgan fingerprint density at radius 3 is 0.308 bits per heavy atom. The van der Waals surface area contributed by atoms with E-state index in [-0.39, 0.29) is 35.9 Å². The standard InChI is InChI=1S/Al.8HNO2.V/c;8*2-1-3;/h;8*(H,2,3);/q+3;;;;;;;;;/p-8. The third-order valence-corrected chi connectivity index (χ3v) is 0. The Morgan fingerprint density at radius 1 is 0.308 bits per heavy atom. The van der Waals surface area contributed by atoms with Gasteiger partial charge in [0.2, 0.25) is 0 Å². The van der Waals surface area contributed by atoms with Crippen molar-refractivity contribution < 1.29 is 18.6 Å². The SMILES string of the molecule is O=N[O-].O=N[O-].O=N[O-].O=N[O-].O=N[O-].O=N[O-].O=N[O-].O=N[O-].[Al+3].[V]. The van der Waals surface area contributed by atoms with Crippen LogP contribution in [0.2, 0.25) is 0 Å². The fourth-order valence-electron chi connectivity index (χ4n) is 0. The van der Waals surface area contributed by atoms with Crippen LogP contribution in [0.1, 0.15) is 0 Å². The van der Waals surface area contributed by atoms with Gasteiger partial charge >= 0.3 is 17.4 Å². The minimum Gasteiger partial charge on any atom is -0.444 e. The monoisotopic (exact) mass is 446 g/mol. The molecule has 0 aromatic carbocycles. The normalized spacial score (nSPS) is 3.69.